The van der Waals surface area contributed by atoms with Crippen molar-refractivity contribution in [3.63, 3.8) is 0 Å². The number of hydrogen-bond acceptors (Lipinski definition) is 6. The molecule has 0 spiro atoms. The lowest BCUT2D eigenvalue weighted by Gasteiger charge is -2.37. The number of benzene rings is 1. The largest absolute Gasteiger partial charge is 0.354 e. The summed E-state index contributed by atoms with van der Waals surface area (Å²) in [7, 11) is 3.96. The minimum Gasteiger partial charge on any atom is -0.354 e. The third-order valence-electron chi connectivity index (χ3n) is 6.99. The van der Waals surface area contributed by atoms with E-state index < -0.39 is 0 Å². The van der Waals surface area contributed by atoms with Gasteiger partial charge < -0.3 is 10.2 Å². The predicted molar refractivity (Wildman–Crippen MR) is 135 cm³/mol. The van der Waals surface area contributed by atoms with E-state index in [-0.39, 0.29) is 5.91 Å². The highest BCUT2D eigenvalue weighted by atomic mass is 16.2. The number of nitrogens with zero attached hydrogens (tertiary/aromatic N) is 5. The minimum absolute atomic E-state index is 0.137. The number of carbonyl (C=O) groups is 1. The molecule has 33 heavy (non-hydrogen) atoms. The summed E-state index contributed by atoms with van der Waals surface area (Å²) in [5, 5.41) is 4.35. The maximum absolute atomic E-state index is 12.7. The van der Waals surface area contributed by atoms with Gasteiger partial charge in [-0.3, -0.25) is 24.6 Å². The van der Waals surface area contributed by atoms with Gasteiger partial charge in [0.25, 0.3) is 0 Å². The van der Waals surface area contributed by atoms with E-state index in [1.807, 2.05) is 18.5 Å². The molecule has 3 heterocycles. The Morgan fingerprint density at radius 3 is 2.79 bits per heavy atom. The average molecular weight is 451 g/mol. The third-order valence-corrected chi connectivity index (χ3v) is 6.99. The lowest BCUT2D eigenvalue weighted by Crippen LogP contribution is -2.48. The van der Waals surface area contributed by atoms with Gasteiger partial charge in [0.1, 0.15) is 0 Å². The van der Waals surface area contributed by atoms with E-state index in [9.17, 15) is 4.79 Å². The van der Waals surface area contributed by atoms with Crippen LogP contribution in [0.15, 0.2) is 35.5 Å². The van der Waals surface area contributed by atoms with Crippen molar-refractivity contribution < 1.29 is 4.79 Å². The maximum atomic E-state index is 12.7. The van der Waals surface area contributed by atoms with Gasteiger partial charge in [-0.15, -0.1) is 0 Å². The van der Waals surface area contributed by atoms with Crippen LogP contribution in [-0.4, -0.2) is 105 Å². The first kappa shape index (κ1) is 23.8. The number of aromatic nitrogens is 1. The Bertz CT molecular complexity index is 968. The van der Waals surface area contributed by atoms with Gasteiger partial charge >= 0.3 is 0 Å². The first-order valence-corrected chi connectivity index (χ1v) is 12.2. The number of nitrogens with one attached hydrogen (secondary N) is 1. The minimum atomic E-state index is 0.137. The van der Waals surface area contributed by atoms with Crippen molar-refractivity contribution in [3.8, 4) is 0 Å². The fourth-order valence-electron chi connectivity index (χ4n) is 5.32. The van der Waals surface area contributed by atoms with E-state index in [4.69, 9.17) is 0 Å². The standard InChI is InChI=1S/C26H38N6O/c1-20-15-22(23-7-6-21(16-27-2)26-24(23)5-4-8-29-26)18-32(17-20)19-25(33)28-9-10-31-13-11-30(3)12-14-31/h4-8,16,20,22H,9-15,17-19H2,1-3H3,(H,28,33)/t20-,22+/m1/s1. The summed E-state index contributed by atoms with van der Waals surface area (Å²) in [6.07, 6.45) is 4.86. The Kier molecular flexibility index (Phi) is 8.06. The molecule has 0 radical (unpaired) electrons. The Hall–Kier alpha value is -2.35. The number of aliphatic imine (C=N–C) groups is 1. The van der Waals surface area contributed by atoms with Crippen molar-refractivity contribution in [1.82, 2.24) is 25.0 Å². The Morgan fingerprint density at radius 1 is 1.18 bits per heavy atom. The summed E-state index contributed by atoms with van der Waals surface area (Å²) in [5.74, 6) is 1.08. The van der Waals surface area contributed by atoms with Crippen LogP contribution in [0.3, 0.4) is 0 Å². The van der Waals surface area contributed by atoms with Crippen LogP contribution in [0.1, 0.15) is 30.4 Å². The highest BCUT2D eigenvalue weighted by Gasteiger charge is 2.28. The van der Waals surface area contributed by atoms with Gasteiger partial charge in [-0.1, -0.05) is 25.1 Å². The number of carbonyl (C=O) groups excluding carboxylic acids is 1. The fourth-order valence-corrected chi connectivity index (χ4v) is 5.32. The molecular weight excluding hydrogens is 412 g/mol. The quantitative estimate of drug-likeness (QED) is 0.655. The third kappa shape index (κ3) is 6.16. The van der Waals surface area contributed by atoms with E-state index in [1.165, 1.54) is 10.9 Å². The number of fused-ring (bicyclic) bond motifs is 1. The fraction of sp³-hybridized carbons (Fsp3) is 0.577. The van der Waals surface area contributed by atoms with E-state index in [0.717, 1.165) is 69.9 Å². The Balaban J connectivity index is 1.36. The van der Waals surface area contributed by atoms with Crippen molar-refractivity contribution >= 4 is 23.0 Å². The summed E-state index contributed by atoms with van der Waals surface area (Å²) in [6.45, 7) is 10.7. The number of pyridine rings is 1. The summed E-state index contributed by atoms with van der Waals surface area (Å²) < 4.78 is 0. The van der Waals surface area contributed by atoms with Crippen LogP contribution in [0, 0.1) is 5.92 Å². The molecule has 1 aromatic heterocycles. The summed E-state index contributed by atoms with van der Waals surface area (Å²) in [5.41, 5.74) is 3.39. The van der Waals surface area contributed by atoms with Crippen LogP contribution in [0.25, 0.3) is 10.9 Å². The SMILES string of the molecule is CN=Cc1ccc([C@H]2C[C@@H](C)CN(CC(=O)NCCN3CCN(C)CC3)C2)c2cccnc12. The molecule has 2 aliphatic heterocycles. The molecular formula is C26H38N6O. The number of likely N-dealkylation sites (tertiary alicyclic amines) is 1. The van der Waals surface area contributed by atoms with Crippen LogP contribution in [-0.2, 0) is 4.79 Å². The Morgan fingerprint density at radius 2 is 2.00 bits per heavy atom. The van der Waals surface area contributed by atoms with Gasteiger partial charge in [0.15, 0.2) is 0 Å². The highest BCUT2D eigenvalue weighted by Crippen LogP contribution is 2.34. The zero-order valence-corrected chi connectivity index (χ0v) is 20.3. The van der Waals surface area contributed by atoms with E-state index >= 15 is 0 Å². The van der Waals surface area contributed by atoms with Crippen LogP contribution in [0.4, 0.5) is 0 Å². The van der Waals surface area contributed by atoms with E-state index in [2.05, 4.69) is 62.2 Å². The molecule has 0 bridgehead atoms. The Labute approximate surface area is 197 Å². The molecule has 1 N–H and O–H groups in total. The lowest BCUT2D eigenvalue weighted by atomic mass is 9.83. The normalized spacial score (nSPS) is 23.4. The molecule has 2 aliphatic rings. The van der Waals surface area contributed by atoms with Gasteiger partial charge in [0, 0.05) is 82.8 Å². The number of hydrogen-bond donors (Lipinski definition) is 1. The van der Waals surface area contributed by atoms with Gasteiger partial charge in [0.2, 0.25) is 5.91 Å². The second-order valence-corrected chi connectivity index (χ2v) is 9.76. The zero-order chi connectivity index (χ0) is 23.2. The second-order valence-electron chi connectivity index (χ2n) is 9.76. The molecule has 4 rings (SSSR count). The van der Waals surface area contributed by atoms with E-state index in [0.29, 0.717) is 18.4 Å². The van der Waals surface area contributed by atoms with Gasteiger partial charge in [-0.2, -0.15) is 0 Å². The summed E-state index contributed by atoms with van der Waals surface area (Å²) in [6, 6.07) is 8.54. The van der Waals surface area contributed by atoms with Crippen LogP contribution in [0.2, 0.25) is 0 Å². The summed E-state index contributed by atoms with van der Waals surface area (Å²) >= 11 is 0. The summed E-state index contributed by atoms with van der Waals surface area (Å²) in [4.78, 5) is 28.6. The molecule has 7 nitrogen and oxygen atoms in total. The molecule has 2 atom stereocenters. The average Bonchev–Trinajstić information content (AvgIpc) is 2.80. The lowest BCUT2D eigenvalue weighted by molar-refractivity contribution is -0.122. The number of rotatable bonds is 7. The highest BCUT2D eigenvalue weighted by molar-refractivity contribution is 5.99. The van der Waals surface area contributed by atoms with Crippen LogP contribution < -0.4 is 5.32 Å². The molecule has 1 aromatic carbocycles. The second kappa shape index (κ2) is 11.2. The molecule has 178 valence electrons. The van der Waals surface area contributed by atoms with Crippen molar-refractivity contribution in [1.29, 1.82) is 0 Å². The number of likely N-dealkylation sites (N-methyl/N-ethyl adjacent to an activating group) is 1. The van der Waals surface area contributed by atoms with Crippen LogP contribution in [0.5, 0.6) is 0 Å². The molecule has 1 amide bonds. The number of piperidine rings is 1. The maximum Gasteiger partial charge on any atom is 0.234 e. The predicted octanol–water partition coefficient (Wildman–Crippen LogP) is 2.07. The van der Waals surface area contributed by atoms with E-state index in [1.54, 1.807) is 7.05 Å². The number of piperazine rings is 1. The zero-order valence-electron chi connectivity index (χ0n) is 20.3. The number of amides is 1. The van der Waals surface area contributed by atoms with Gasteiger partial charge in [-0.05, 0) is 36.9 Å². The molecule has 2 aromatic rings. The van der Waals surface area contributed by atoms with Crippen molar-refractivity contribution in [3.05, 3.63) is 41.6 Å². The van der Waals surface area contributed by atoms with Gasteiger partial charge in [0.05, 0.1) is 12.1 Å². The topological polar surface area (TPSA) is 64.1 Å². The van der Waals surface area contributed by atoms with Crippen LogP contribution >= 0.6 is 0 Å². The molecule has 0 aliphatic carbocycles. The first-order chi connectivity index (χ1) is 16.0. The van der Waals surface area contributed by atoms with Crippen molar-refractivity contribution in [2.75, 3.05) is 73.0 Å². The monoisotopic (exact) mass is 450 g/mol. The molecule has 2 fully saturated rings. The molecule has 0 unspecified atom stereocenters. The molecule has 7 heteroatoms. The van der Waals surface area contributed by atoms with Crippen molar-refractivity contribution in [2.24, 2.45) is 10.9 Å². The molecule has 0 saturated carbocycles. The smallest absolute Gasteiger partial charge is 0.234 e. The molecule has 2 saturated heterocycles. The first-order valence-electron chi connectivity index (χ1n) is 12.2. The van der Waals surface area contributed by atoms with Crippen molar-refractivity contribution in [2.45, 2.75) is 19.3 Å². The van der Waals surface area contributed by atoms with Gasteiger partial charge in [-0.25, -0.2) is 0 Å².